The number of amides is 1. The second-order valence-electron chi connectivity index (χ2n) is 6.34. The van der Waals surface area contributed by atoms with Gasteiger partial charge in [-0.2, -0.15) is 13.2 Å². The molecule has 1 aromatic rings. The predicted octanol–water partition coefficient (Wildman–Crippen LogP) is 3.67. The minimum absolute atomic E-state index is 0.0469. The number of likely N-dealkylation sites (N-methyl/N-ethyl adjacent to an activating group) is 1. The van der Waals surface area contributed by atoms with Gasteiger partial charge in [0.1, 0.15) is 0 Å². The molecule has 2 atom stereocenters. The fraction of sp³-hybridized carbons (Fsp3) is 0.562. The molecule has 3 rings (SSSR count). The van der Waals surface area contributed by atoms with Gasteiger partial charge in [-0.25, -0.2) is 0 Å². The summed E-state index contributed by atoms with van der Waals surface area (Å²) in [5.41, 5.74) is -0.896. The number of halogens is 4. The topological polar surface area (TPSA) is 23.6 Å². The van der Waals surface area contributed by atoms with Gasteiger partial charge in [-0.05, 0) is 51.1 Å². The van der Waals surface area contributed by atoms with E-state index in [0.717, 1.165) is 50.6 Å². The van der Waals surface area contributed by atoms with Crippen LogP contribution in [0, 0.1) is 0 Å². The van der Waals surface area contributed by atoms with E-state index in [1.54, 1.807) is 4.90 Å². The zero-order valence-corrected chi connectivity index (χ0v) is 13.5. The second kappa shape index (κ2) is 5.98. The predicted molar refractivity (Wildman–Crippen MR) is 81.5 cm³/mol. The Bertz CT molecular complexity index is 620. The summed E-state index contributed by atoms with van der Waals surface area (Å²) in [5.74, 6) is -0.385. The van der Waals surface area contributed by atoms with Crippen LogP contribution in [0.5, 0.6) is 0 Å². The number of nitrogens with zero attached hydrogens (tertiary/aromatic N) is 2. The zero-order valence-electron chi connectivity index (χ0n) is 12.7. The molecule has 2 fully saturated rings. The molecule has 7 heteroatoms. The van der Waals surface area contributed by atoms with Gasteiger partial charge < -0.3 is 9.80 Å². The van der Waals surface area contributed by atoms with Gasteiger partial charge in [0.05, 0.1) is 16.1 Å². The monoisotopic (exact) mass is 346 g/mol. The van der Waals surface area contributed by atoms with Crippen LogP contribution in [0.15, 0.2) is 18.2 Å². The molecule has 1 aromatic carbocycles. The lowest BCUT2D eigenvalue weighted by Gasteiger charge is -2.29. The highest BCUT2D eigenvalue weighted by atomic mass is 35.5. The van der Waals surface area contributed by atoms with Gasteiger partial charge in [0, 0.05) is 18.6 Å². The molecule has 2 aliphatic rings. The summed E-state index contributed by atoms with van der Waals surface area (Å²) in [6.07, 6.45) is -1.86. The number of rotatable bonds is 1. The normalized spacial score (nSPS) is 25.5. The van der Waals surface area contributed by atoms with E-state index in [1.165, 1.54) is 0 Å². The summed E-state index contributed by atoms with van der Waals surface area (Å²) in [4.78, 5) is 16.8. The number of likely N-dealkylation sites (tertiary alicyclic amines) is 1. The SMILES string of the molecule is CN1CC[C@H]2CC[C@@H](C1)N2C(=O)c1cc(C(F)(F)F)ccc1Cl. The number of alkyl halides is 3. The average molecular weight is 347 g/mol. The Labute approximate surface area is 138 Å². The van der Waals surface area contributed by atoms with E-state index >= 15 is 0 Å². The van der Waals surface area contributed by atoms with E-state index in [1.807, 2.05) is 7.05 Å². The molecule has 2 heterocycles. The van der Waals surface area contributed by atoms with E-state index in [2.05, 4.69) is 4.90 Å². The van der Waals surface area contributed by atoms with Crippen LogP contribution in [0.3, 0.4) is 0 Å². The number of benzene rings is 1. The van der Waals surface area contributed by atoms with Crippen molar-refractivity contribution < 1.29 is 18.0 Å². The fourth-order valence-corrected chi connectivity index (χ4v) is 3.78. The maximum Gasteiger partial charge on any atom is 0.416 e. The summed E-state index contributed by atoms with van der Waals surface area (Å²) >= 11 is 6.02. The van der Waals surface area contributed by atoms with Crippen LogP contribution in [0.25, 0.3) is 0 Å². The van der Waals surface area contributed by atoms with Crippen molar-refractivity contribution in [1.29, 1.82) is 0 Å². The van der Waals surface area contributed by atoms with Crippen LogP contribution in [-0.2, 0) is 6.18 Å². The third-order valence-corrected chi connectivity index (χ3v) is 5.07. The number of carbonyl (C=O) groups excluding carboxylic acids is 1. The molecule has 2 aliphatic heterocycles. The molecule has 0 radical (unpaired) electrons. The van der Waals surface area contributed by atoms with E-state index < -0.39 is 11.7 Å². The van der Waals surface area contributed by atoms with Crippen LogP contribution in [0.4, 0.5) is 13.2 Å². The van der Waals surface area contributed by atoms with E-state index in [-0.39, 0.29) is 28.6 Å². The van der Waals surface area contributed by atoms with Gasteiger partial charge in [0.2, 0.25) is 0 Å². The molecule has 0 spiro atoms. The molecule has 0 saturated carbocycles. The Morgan fingerprint density at radius 1 is 1.22 bits per heavy atom. The molecule has 2 bridgehead atoms. The third-order valence-electron chi connectivity index (χ3n) is 4.74. The summed E-state index contributed by atoms with van der Waals surface area (Å²) in [6.45, 7) is 1.64. The largest absolute Gasteiger partial charge is 0.416 e. The Morgan fingerprint density at radius 2 is 1.91 bits per heavy atom. The van der Waals surface area contributed by atoms with Gasteiger partial charge in [0.15, 0.2) is 0 Å². The minimum atomic E-state index is -4.49. The first-order chi connectivity index (χ1) is 10.8. The van der Waals surface area contributed by atoms with Crippen LogP contribution < -0.4 is 0 Å². The second-order valence-corrected chi connectivity index (χ2v) is 6.75. The van der Waals surface area contributed by atoms with Crippen molar-refractivity contribution >= 4 is 17.5 Å². The third kappa shape index (κ3) is 3.19. The van der Waals surface area contributed by atoms with E-state index in [4.69, 9.17) is 11.6 Å². The first kappa shape index (κ1) is 16.6. The highest BCUT2D eigenvalue weighted by molar-refractivity contribution is 6.33. The van der Waals surface area contributed by atoms with Gasteiger partial charge in [-0.1, -0.05) is 11.6 Å². The van der Waals surface area contributed by atoms with Crippen molar-refractivity contribution in [2.45, 2.75) is 37.5 Å². The maximum absolute atomic E-state index is 12.9. The zero-order chi connectivity index (χ0) is 16.8. The summed E-state index contributed by atoms with van der Waals surface area (Å²) in [7, 11) is 2.00. The Morgan fingerprint density at radius 3 is 2.61 bits per heavy atom. The Balaban J connectivity index is 1.94. The number of hydrogen-bond acceptors (Lipinski definition) is 2. The van der Waals surface area contributed by atoms with Gasteiger partial charge in [-0.15, -0.1) is 0 Å². The number of hydrogen-bond donors (Lipinski definition) is 0. The van der Waals surface area contributed by atoms with Gasteiger partial charge >= 0.3 is 6.18 Å². The van der Waals surface area contributed by atoms with Crippen molar-refractivity contribution in [2.75, 3.05) is 20.1 Å². The number of fused-ring (bicyclic) bond motifs is 2. The highest BCUT2D eigenvalue weighted by Gasteiger charge is 2.41. The Kier molecular flexibility index (Phi) is 4.31. The fourth-order valence-electron chi connectivity index (χ4n) is 3.58. The first-order valence-electron chi connectivity index (χ1n) is 7.65. The van der Waals surface area contributed by atoms with Crippen molar-refractivity contribution in [2.24, 2.45) is 0 Å². The van der Waals surface area contributed by atoms with Crippen molar-refractivity contribution in [3.05, 3.63) is 34.3 Å². The van der Waals surface area contributed by atoms with Crippen molar-refractivity contribution in [1.82, 2.24) is 9.80 Å². The van der Waals surface area contributed by atoms with E-state index in [0.29, 0.717) is 0 Å². The van der Waals surface area contributed by atoms with Gasteiger partial charge in [-0.3, -0.25) is 4.79 Å². The molecule has 23 heavy (non-hydrogen) atoms. The molecule has 126 valence electrons. The lowest BCUT2D eigenvalue weighted by molar-refractivity contribution is -0.137. The smallest absolute Gasteiger partial charge is 0.331 e. The summed E-state index contributed by atoms with van der Waals surface area (Å²) < 4.78 is 38.7. The molecule has 0 unspecified atom stereocenters. The van der Waals surface area contributed by atoms with E-state index in [9.17, 15) is 18.0 Å². The summed E-state index contributed by atoms with van der Waals surface area (Å²) in [6, 6.07) is 3.07. The first-order valence-corrected chi connectivity index (χ1v) is 8.03. The molecule has 2 saturated heterocycles. The van der Waals surface area contributed by atoms with Crippen molar-refractivity contribution in [3.63, 3.8) is 0 Å². The lowest BCUT2D eigenvalue weighted by Crippen LogP contribution is -2.42. The van der Waals surface area contributed by atoms with Crippen LogP contribution in [0.1, 0.15) is 35.2 Å². The highest BCUT2D eigenvalue weighted by Crippen LogP contribution is 2.35. The molecule has 1 amide bonds. The maximum atomic E-state index is 12.9. The van der Waals surface area contributed by atoms with Crippen LogP contribution >= 0.6 is 11.6 Å². The van der Waals surface area contributed by atoms with Crippen LogP contribution in [-0.4, -0.2) is 47.9 Å². The van der Waals surface area contributed by atoms with Gasteiger partial charge in [0.25, 0.3) is 5.91 Å². The molecular formula is C16H18ClF3N2O. The lowest BCUT2D eigenvalue weighted by atomic mass is 10.1. The molecule has 0 N–H and O–H groups in total. The summed E-state index contributed by atoms with van der Waals surface area (Å²) in [5, 5.41) is 0.0694. The number of carbonyl (C=O) groups is 1. The molecule has 0 aromatic heterocycles. The molecule has 3 nitrogen and oxygen atoms in total. The minimum Gasteiger partial charge on any atom is -0.331 e. The van der Waals surface area contributed by atoms with Crippen molar-refractivity contribution in [3.8, 4) is 0 Å². The van der Waals surface area contributed by atoms with Crippen LogP contribution in [0.2, 0.25) is 5.02 Å². The Hall–Kier alpha value is -1.27. The molecular weight excluding hydrogens is 329 g/mol. The molecule has 0 aliphatic carbocycles. The average Bonchev–Trinajstić information content (AvgIpc) is 2.77. The quantitative estimate of drug-likeness (QED) is 0.774. The standard InChI is InChI=1S/C16H18ClF3N2O/c1-21-7-6-11-3-4-12(9-21)22(11)15(23)13-8-10(16(18,19)20)2-5-14(13)17/h2,5,8,11-12H,3-4,6-7,9H2,1H3/t11-,12+/m1/s1.